The zero-order valence-electron chi connectivity index (χ0n) is 15.5. The second kappa shape index (κ2) is 7.14. The van der Waals surface area contributed by atoms with Gasteiger partial charge in [-0.1, -0.05) is 12.1 Å². The third kappa shape index (κ3) is 4.33. The number of rotatable bonds is 4. The molecule has 8 heteroatoms. The van der Waals surface area contributed by atoms with Gasteiger partial charge in [0.1, 0.15) is 0 Å². The average molecular weight is 408 g/mol. The molecule has 1 N–H and O–H groups in total. The van der Waals surface area contributed by atoms with E-state index in [0.717, 1.165) is 31.4 Å². The maximum Gasteiger partial charge on any atom is 0.234 e. The fraction of sp³-hybridized carbons (Fsp3) is 0.579. The third-order valence-electron chi connectivity index (χ3n) is 5.56. The van der Waals surface area contributed by atoms with Gasteiger partial charge in [-0.3, -0.25) is 9.69 Å². The number of amides is 1. The molecule has 1 aromatic carbocycles. The Labute approximate surface area is 163 Å². The zero-order chi connectivity index (χ0) is 19.1. The summed E-state index contributed by atoms with van der Waals surface area (Å²) in [6.45, 7) is 3.89. The van der Waals surface area contributed by atoms with Crippen molar-refractivity contribution < 1.29 is 13.2 Å². The maximum absolute atomic E-state index is 12.4. The first kappa shape index (κ1) is 18.8. The van der Waals surface area contributed by atoms with Crippen molar-refractivity contribution in [2.24, 2.45) is 0 Å². The second-order valence-corrected chi connectivity index (χ2v) is 11.3. The lowest BCUT2D eigenvalue weighted by atomic mass is 9.97. The number of nitrogens with one attached hydrogen (secondary N) is 1. The number of carbonyl (C=O) groups excluding carboxylic acids is 1. The van der Waals surface area contributed by atoms with Crippen molar-refractivity contribution in [3.05, 3.63) is 29.3 Å². The SMILES string of the molecule is C[C@]1(NC(=O)CN2CCC(c3nc4ccccc4s3)CC2)CCS(=O)(=O)C1. The minimum absolute atomic E-state index is 0.0470. The number of hydrogen-bond acceptors (Lipinski definition) is 6. The normalized spacial score (nSPS) is 26.4. The quantitative estimate of drug-likeness (QED) is 0.840. The number of piperidine rings is 1. The van der Waals surface area contributed by atoms with Gasteiger partial charge in [0.05, 0.1) is 38.8 Å². The number of benzene rings is 1. The molecule has 2 fully saturated rings. The summed E-state index contributed by atoms with van der Waals surface area (Å²) >= 11 is 1.77. The number of sulfone groups is 1. The van der Waals surface area contributed by atoms with E-state index < -0.39 is 15.4 Å². The highest BCUT2D eigenvalue weighted by atomic mass is 32.2. The van der Waals surface area contributed by atoms with Crippen molar-refractivity contribution in [1.82, 2.24) is 15.2 Å². The van der Waals surface area contributed by atoms with Crippen LogP contribution in [-0.4, -0.2) is 60.9 Å². The lowest BCUT2D eigenvalue weighted by Crippen LogP contribution is -2.51. The summed E-state index contributed by atoms with van der Waals surface area (Å²) in [6.07, 6.45) is 2.50. The molecule has 0 bridgehead atoms. The van der Waals surface area contributed by atoms with Gasteiger partial charge in [-0.2, -0.15) is 0 Å². The molecule has 0 radical (unpaired) electrons. The van der Waals surface area contributed by atoms with Crippen LogP contribution in [0.3, 0.4) is 0 Å². The fourth-order valence-electron chi connectivity index (χ4n) is 4.09. The maximum atomic E-state index is 12.4. The van der Waals surface area contributed by atoms with Crippen LogP contribution in [0.5, 0.6) is 0 Å². The molecule has 0 unspecified atom stereocenters. The molecule has 27 heavy (non-hydrogen) atoms. The highest BCUT2D eigenvalue weighted by Crippen LogP contribution is 2.33. The average Bonchev–Trinajstić information content (AvgIpc) is 3.15. The Balaban J connectivity index is 1.30. The van der Waals surface area contributed by atoms with Crippen molar-refractivity contribution >= 4 is 37.3 Å². The molecule has 3 heterocycles. The fourth-order valence-corrected chi connectivity index (χ4v) is 7.32. The monoisotopic (exact) mass is 407 g/mol. The summed E-state index contributed by atoms with van der Waals surface area (Å²) in [5.74, 6) is 0.593. The molecule has 2 aromatic rings. The molecule has 2 saturated heterocycles. The lowest BCUT2D eigenvalue weighted by molar-refractivity contribution is -0.124. The lowest BCUT2D eigenvalue weighted by Gasteiger charge is -2.32. The summed E-state index contributed by atoms with van der Waals surface area (Å²) in [5, 5.41) is 4.15. The number of nitrogens with zero attached hydrogens (tertiary/aromatic N) is 2. The van der Waals surface area contributed by atoms with Crippen LogP contribution >= 0.6 is 11.3 Å². The Morgan fingerprint density at radius 3 is 2.74 bits per heavy atom. The van der Waals surface area contributed by atoms with Crippen molar-refractivity contribution in [3.8, 4) is 0 Å². The number of likely N-dealkylation sites (tertiary alicyclic amines) is 1. The summed E-state index contributed by atoms with van der Waals surface area (Å²) in [6, 6.07) is 8.23. The third-order valence-corrected chi connectivity index (χ3v) is 8.66. The highest BCUT2D eigenvalue weighted by molar-refractivity contribution is 7.91. The molecule has 2 aliphatic rings. The van der Waals surface area contributed by atoms with E-state index in [2.05, 4.69) is 22.3 Å². The van der Waals surface area contributed by atoms with Crippen molar-refractivity contribution in [2.45, 2.75) is 37.6 Å². The largest absolute Gasteiger partial charge is 0.349 e. The molecule has 0 aliphatic carbocycles. The Kier molecular flexibility index (Phi) is 4.98. The molecule has 0 spiro atoms. The van der Waals surface area contributed by atoms with Gasteiger partial charge in [-0.05, 0) is 51.4 Å². The van der Waals surface area contributed by atoms with Crippen LogP contribution < -0.4 is 5.32 Å². The Hall–Kier alpha value is -1.51. The van der Waals surface area contributed by atoms with E-state index in [0.29, 0.717) is 18.9 Å². The molecule has 6 nitrogen and oxygen atoms in total. The van der Waals surface area contributed by atoms with Gasteiger partial charge >= 0.3 is 0 Å². The van der Waals surface area contributed by atoms with E-state index in [-0.39, 0.29) is 17.4 Å². The van der Waals surface area contributed by atoms with Gasteiger partial charge in [0.25, 0.3) is 0 Å². The number of thiazole rings is 1. The topological polar surface area (TPSA) is 79.4 Å². The minimum atomic E-state index is -3.02. The Morgan fingerprint density at radius 1 is 1.33 bits per heavy atom. The molecule has 4 rings (SSSR count). The van der Waals surface area contributed by atoms with E-state index in [1.165, 1.54) is 9.71 Å². The van der Waals surface area contributed by atoms with E-state index in [1.54, 1.807) is 11.3 Å². The predicted octanol–water partition coefficient (Wildman–Crippen LogP) is 2.17. The molecule has 146 valence electrons. The number of hydrogen-bond donors (Lipinski definition) is 1. The van der Waals surface area contributed by atoms with Gasteiger partial charge in [-0.25, -0.2) is 13.4 Å². The van der Waals surface area contributed by atoms with E-state index in [9.17, 15) is 13.2 Å². The summed E-state index contributed by atoms with van der Waals surface area (Å²) in [7, 11) is -3.02. The van der Waals surface area contributed by atoms with Crippen molar-refractivity contribution in [2.75, 3.05) is 31.1 Å². The second-order valence-electron chi connectivity index (χ2n) is 8.02. The van der Waals surface area contributed by atoms with Crippen LogP contribution in [0.2, 0.25) is 0 Å². The number of carbonyl (C=O) groups is 1. The molecule has 1 amide bonds. The molecule has 1 aromatic heterocycles. The van der Waals surface area contributed by atoms with Crippen LogP contribution in [-0.2, 0) is 14.6 Å². The Bertz CT molecular complexity index is 915. The van der Waals surface area contributed by atoms with Gasteiger partial charge in [0, 0.05) is 5.92 Å². The van der Waals surface area contributed by atoms with E-state index >= 15 is 0 Å². The molecular formula is C19H25N3O3S2. The first-order valence-corrected chi connectivity index (χ1v) is 12.0. The van der Waals surface area contributed by atoms with Crippen LogP contribution in [0, 0.1) is 0 Å². The number of aromatic nitrogens is 1. The Morgan fingerprint density at radius 2 is 2.07 bits per heavy atom. The van der Waals surface area contributed by atoms with Crippen LogP contribution in [0.1, 0.15) is 37.1 Å². The first-order valence-electron chi connectivity index (χ1n) is 9.41. The van der Waals surface area contributed by atoms with Crippen LogP contribution in [0.4, 0.5) is 0 Å². The van der Waals surface area contributed by atoms with Crippen LogP contribution in [0.25, 0.3) is 10.2 Å². The predicted molar refractivity (Wildman–Crippen MR) is 108 cm³/mol. The summed E-state index contributed by atoms with van der Waals surface area (Å²) in [5.41, 5.74) is 0.453. The number of para-hydroxylation sites is 1. The minimum Gasteiger partial charge on any atom is -0.349 e. The van der Waals surface area contributed by atoms with Gasteiger partial charge < -0.3 is 5.32 Å². The molecule has 0 saturated carbocycles. The standard InChI is InChI=1S/C19H25N3O3S2/c1-19(8-11-27(24,25)13-19)21-17(23)12-22-9-6-14(7-10-22)18-20-15-4-2-3-5-16(15)26-18/h2-5,14H,6-13H2,1H3,(H,21,23)/t19-/m0/s1. The first-order chi connectivity index (χ1) is 12.8. The molecule has 2 aliphatic heterocycles. The summed E-state index contributed by atoms with van der Waals surface area (Å²) < 4.78 is 24.6. The summed E-state index contributed by atoms with van der Waals surface area (Å²) in [4.78, 5) is 19.3. The molecular weight excluding hydrogens is 382 g/mol. The van der Waals surface area contributed by atoms with E-state index in [1.807, 2.05) is 19.1 Å². The number of fused-ring (bicyclic) bond motifs is 1. The zero-order valence-corrected chi connectivity index (χ0v) is 17.1. The van der Waals surface area contributed by atoms with Crippen molar-refractivity contribution in [1.29, 1.82) is 0 Å². The van der Waals surface area contributed by atoms with Gasteiger partial charge in [-0.15, -0.1) is 11.3 Å². The smallest absolute Gasteiger partial charge is 0.234 e. The van der Waals surface area contributed by atoms with Crippen molar-refractivity contribution in [3.63, 3.8) is 0 Å². The van der Waals surface area contributed by atoms with Gasteiger partial charge in [0.15, 0.2) is 9.84 Å². The molecule has 1 atom stereocenters. The van der Waals surface area contributed by atoms with Crippen LogP contribution in [0.15, 0.2) is 24.3 Å². The van der Waals surface area contributed by atoms with E-state index in [4.69, 9.17) is 4.98 Å². The van der Waals surface area contributed by atoms with Gasteiger partial charge in [0.2, 0.25) is 5.91 Å². The highest BCUT2D eigenvalue weighted by Gasteiger charge is 2.39.